The molecule has 2 aromatic rings. The number of fused-ring (bicyclic) bond motifs is 1. The van der Waals surface area contributed by atoms with E-state index in [2.05, 4.69) is 4.74 Å². The zero-order valence-corrected chi connectivity index (χ0v) is 14.7. The Hall–Kier alpha value is -2.81. The van der Waals surface area contributed by atoms with E-state index in [1.54, 1.807) is 6.07 Å². The number of methoxy groups -OCH3 is 1. The molecule has 1 aliphatic rings. The lowest BCUT2D eigenvalue weighted by atomic mass is 10.2. The summed E-state index contributed by atoms with van der Waals surface area (Å²) in [7, 11) is -2.97. The van der Waals surface area contributed by atoms with Crippen LogP contribution < -0.4 is 13.8 Å². The van der Waals surface area contributed by atoms with Crippen LogP contribution in [0.4, 0.5) is 10.1 Å². The molecule has 0 fully saturated rings. The lowest BCUT2D eigenvalue weighted by Crippen LogP contribution is -2.36. The number of sulfonamides is 1. The number of rotatable bonds is 5. The van der Waals surface area contributed by atoms with Crippen molar-refractivity contribution in [1.82, 2.24) is 0 Å². The minimum atomic E-state index is -4.13. The number of benzene rings is 2. The highest BCUT2D eigenvalue weighted by molar-refractivity contribution is 7.92. The fourth-order valence-electron chi connectivity index (χ4n) is 2.42. The van der Waals surface area contributed by atoms with Gasteiger partial charge in [0.25, 0.3) is 10.0 Å². The van der Waals surface area contributed by atoms with Gasteiger partial charge in [-0.3, -0.25) is 9.10 Å². The molecule has 0 aliphatic carbocycles. The zero-order chi connectivity index (χ0) is 18.7. The van der Waals surface area contributed by atoms with E-state index >= 15 is 0 Å². The first-order valence-corrected chi connectivity index (χ1v) is 9.10. The van der Waals surface area contributed by atoms with Crippen LogP contribution in [0.1, 0.15) is 0 Å². The summed E-state index contributed by atoms with van der Waals surface area (Å²) in [5.74, 6) is -0.455. The van der Waals surface area contributed by atoms with Gasteiger partial charge in [-0.2, -0.15) is 0 Å². The van der Waals surface area contributed by atoms with Gasteiger partial charge in [0.15, 0.2) is 11.5 Å². The lowest BCUT2D eigenvalue weighted by Gasteiger charge is -2.25. The predicted molar refractivity (Wildman–Crippen MR) is 90.4 cm³/mol. The summed E-state index contributed by atoms with van der Waals surface area (Å²) >= 11 is 0. The number of halogens is 1. The highest BCUT2D eigenvalue weighted by atomic mass is 32.2. The Morgan fingerprint density at radius 1 is 1.12 bits per heavy atom. The molecular formula is C17H16FNO6S. The predicted octanol–water partition coefficient (Wildman–Crippen LogP) is 1.97. The van der Waals surface area contributed by atoms with Crippen LogP contribution in [0.5, 0.6) is 11.5 Å². The van der Waals surface area contributed by atoms with Crippen molar-refractivity contribution in [2.75, 3.05) is 31.2 Å². The average molecular weight is 381 g/mol. The lowest BCUT2D eigenvalue weighted by molar-refractivity contribution is -0.138. The van der Waals surface area contributed by atoms with Crippen molar-refractivity contribution < 1.29 is 31.8 Å². The van der Waals surface area contributed by atoms with Gasteiger partial charge in [0, 0.05) is 6.07 Å². The summed E-state index contributed by atoms with van der Waals surface area (Å²) in [6.07, 6.45) is 0. The van der Waals surface area contributed by atoms with Crippen molar-refractivity contribution in [2.24, 2.45) is 0 Å². The molecule has 0 radical (unpaired) electrons. The molecule has 0 spiro atoms. The third-order valence-electron chi connectivity index (χ3n) is 3.72. The Morgan fingerprint density at radius 2 is 1.77 bits per heavy atom. The molecule has 0 amide bonds. The average Bonchev–Trinajstić information content (AvgIpc) is 2.65. The summed E-state index contributed by atoms with van der Waals surface area (Å²) in [6, 6.07) is 8.87. The molecule has 0 atom stereocenters. The maximum atomic E-state index is 13.1. The van der Waals surface area contributed by atoms with Gasteiger partial charge >= 0.3 is 5.97 Å². The van der Waals surface area contributed by atoms with Crippen molar-refractivity contribution in [3.63, 3.8) is 0 Å². The smallest absolute Gasteiger partial charge is 0.326 e. The fourth-order valence-corrected chi connectivity index (χ4v) is 3.82. The Morgan fingerprint density at radius 3 is 2.42 bits per heavy atom. The maximum absolute atomic E-state index is 13.1. The first kappa shape index (κ1) is 18.0. The van der Waals surface area contributed by atoms with Crippen LogP contribution in [0.2, 0.25) is 0 Å². The molecule has 9 heteroatoms. The van der Waals surface area contributed by atoms with Gasteiger partial charge < -0.3 is 14.2 Å². The number of carbonyl (C=O) groups excluding carboxylic acids is 1. The Balaban J connectivity index is 2.05. The molecule has 26 heavy (non-hydrogen) atoms. The van der Waals surface area contributed by atoms with Crippen molar-refractivity contribution >= 4 is 21.7 Å². The number of carbonyl (C=O) groups is 1. The van der Waals surface area contributed by atoms with Crippen LogP contribution in [0.15, 0.2) is 47.4 Å². The second kappa shape index (κ2) is 7.20. The number of anilines is 1. The monoisotopic (exact) mass is 381 g/mol. The Bertz CT molecular complexity index is 913. The van der Waals surface area contributed by atoms with E-state index < -0.39 is 28.4 Å². The number of ether oxygens (including phenoxy) is 3. The van der Waals surface area contributed by atoms with Gasteiger partial charge in [-0.05, 0) is 36.4 Å². The molecule has 3 rings (SSSR count). The van der Waals surface area contributed by atoms with E-state index in [0.717, 1.165) is 35.7 Å². The largest absolute Gasteiger partial charge is 0.486 e. The molecule has 0 saturated heterocycles. The van der Waals surface area contributed by atoms with E-state index in [-0.39, 0.29) is 10.6 Å². The normalized spacial score (nSPS) is 13.2. The standard InChI is InChI=1S/C17H16FNO6S/c1-23-17(20)11-19(26(21,22)14-5-2-12(18)3-6-14)13-4-7-15-16(10-13)25-9-8-24-15/h2-7,10H,8-9,11H2,1H3. The topological polar surface area (TPSA) is 82.1 Å². The summed E-state index contributed by atoms with van der Waals surface area (Å²) in [4.78, 5) is 11.6. The molecule has 7 nitrogen and oxygen atoms in total. The Labute approximate surface area is 149 Å². The second-order valence-corrected chi connectivity index (χ2v) is 7.23. The van der Waals surface area contributed by atoms with Crippen LogP contribution in [-0.2, 0) is 19.6 Å². The molecule has 2 aromatic carbocycles. The summed E-state index contributed by atoms with van der Waals surface area (Å²) in [5.41, 5.74) is 0.198. The Kier molecular flexibility index (Phi) is 4.99. The number of nitrogens with zero attached hydrogens (tertiary/aromatic N) is 1. The first-order valence-electron chi connectivity index (χ1n) is 7.66. The van der Waals surface area contributed by atoms with Gasteiger partial charge in [0.2, 0.25) is 0 Å². The second-order valence-electron chi connectivity index (χ2n) is 5.37. The molecule has 0 bridgehead atoms. The molecule has 0 N–H and O–H groups in total. The summed E-state index contributed by atoms with van der Waals surface area (Å²) < 4.78 is 55.5. The number of esters is 1. The van der Waals surface area contributed by atoms with E-state index in [4.69, 9.17) is 9.47 Å². The third kappa shape index (κ3) is 3.57. The van der Waals surface area contributed by atoms with E-state index in [1.165, 1.54) is 12.1 Å². The minimum Gasteiger partial charge on any atom is -0.486 e. The SMILES string of the molecule is COC(=O)CN(c1ccc2c(c1)OCCO2)S(=O)(=O)c1ccc(F)cc1. The molecule has 1 aliphatic heterocycles. The van der Waals surface area contributed by atoms with Crippen LogP contribution in [-0.4, -0.2) is 41.3 Å². The van der Waals surface area contributed by atoms with Crippen LogP contribution in [0.3, 0.4) is 0 Å². The van der Waals surface area contributed by atoms with E-state index in [0.29, 0.717) is 24.7 Å². The van der Waals surface area contributed by atoms with Crippen molar-refractivity contribution in [3.8, 4) is 11.5 Å². The maximum Gasteiger partial charge on any atom is 0.326 e. The van der Waals surface area contributed by atoms with Crippen molar-refractivity contribution in [2.45, 2.75) is 4.90 Å². The number of hydrogen-bond donors (Lipinski definition) is 0. The van der Waals surface area contributed by atoms with Crippen LogP contribution >= 0.6 is 0 Å². The quantitative estimate of drug-likeness (QED) is 0.737. The van der Waals surface area contributed by atoms with Gasteiger partial charge in [0.05, 0.1) is 17.7 Å². The summed E-state index contributed by atoms with van der Waals surface area (Å²) in [5, 5.41) is 0. The number of hydrogen-bond acceptors (Lipinski definition) is 6. The highest BCUT2D eigenvalue weighted by Crippen LogP contribution is 2.35. The van der Waals surface area contributed by atoms with Crippen molar-refractivity contribution in [3.05, 3.63) is 48.3 Å². The minimum absolute atomic E-state index is 0.155. The van der Waals surface area contributed by atoms with Crippen LogP contribution in [0.25, 0.3) is 0 Å². The molecule has 1 heterocycles. The van der Waals surface area contributed by atoms with Gasteiger partial charge in [0.1, 0.15) is 25.6 Å². The molecule has 138 valence electrons. The molecular weight excluding hydrogens is 365 g/mol. The van der Waals surface area contributed by atoms with E-state index in [1.807, 2.05) is 0 Å². The zero-order valence-electron chi connectivity index (χ0n) is 13.8. The van der Waals surface area contributed by atoms with Gasteiger partial charge in [-0.15, -0.1) is 0 Å². The van der Waals surface area contributed by atoms with E-state index in [9.17, 15) is 17.6 Å². The first-order chi connectivity index (χ1) is 12.4. The molecule has 0 unspecified atom stereocenters. The summed E-state index contributed by atoms with van der Waals surface area (Å²) in [6.45, 7) is 0.181. The third-order valence-corrected chi connectivity index (χ3v) is 5.50. The van der Waals surface area contributed by atoms with Gasteiger partial charge in [-0.1, -0.05) is 0 Å². The molecule has 0 aromatic heterocycles. The highest BCUT2D eigenvalue weighted by Gasteiger charge is 2.29. The molecule has 0 saturated carbocycles. The fraction of sp³-hybridized carbons (Fsp3) is 0.235. The van der Waals surface area contributed by atoms with Crippen LogP contribution in [0, 0.1) is 5.82 Å². The van der Waals surface area contributed by atoms with Crippen molar-refractivity contribution in [1.29, 1.82) is 0 Å². The van der Waals surface area contributed by atoms with Gasteiger partial charge in [-0.25, -0.2) is 12.8 Å².